The van der Waals surface area contributed by atoms with E-state index in [9.17, 15) is 0 Å². The number of rotatable bonds is 5. The summed E-state index contributed by atoms with van der Waals surface area (Å²) in [5, 5.41) is 3.88. The molecule has 112 valence electrons. The Labute approximate surface area is 125 Å². The van der Waals surface area contributed by atoms with Gasteiger partial charge in [0, 0.05) is 12.1 Å². The van der Waals surface area contributed by atoms with E-state index in [1.165, 1.54) is 37.7 Å². The summed E-state index contributed by atoms with van der Waals surface area (Å²) in [6, 6.07) is 12.2. The van der Waals surface area contributed by atoms with E-state index in [1.807, 2.05) is 0 Å². The van der Waals surface area contributed by atoms with Crippen LogP contribution in [0.15, 0.2) is 30.3 Å². The first-order valence-electron chi connectivity index (χ1n) is 8.26. The lowest BCUT2D eigenvalue weighted by atomic mass is 9.70. The highest BCUT2D eigenvalue weighted by molar-refractivity contribution is 5.14. The highest BCUT2D eigenvalue weighted by Gasteiger charge is 2.32. The van der Waals surface area contributed by atoms with Gasteiger partial charge in [0.15, 0.2) is 0 Å². The van der Waals surface area contributed by atoms with Gasteiger partial charge in [-0.3, -0.25) is 0 Å². The third-order valence-corrected chi connectivity index (χ3v) is 4.90. The van der Waals surface area contributed by atoms with Gasteiger partial charge < -0.3 is 5.32 Å². The molecule has 1 N–H and O–H groups in total. The molecule has 1 aromatic carbocycles. The van der Waals surface area contributed by atoms with Crippen molar-refractivity contribution in [1.29, 1.82) is 0 Å². The lowest BCUT2D eigenvalue weighted by Crippen LogP contribution is -2.45. The first kappa shape index (κ1) is 15.6. The molecule has 1 aromatic rings. The minimum Gasteiger partial charge on any atom is -0.311 e. The predicted molar refractivity (Wildman–Crippen MR) is 87.9 cm³/mol. The van der Waals surface area contributed by atoms with Crippen LogP contribution in [-0.2, 0) is 6.42 Å². The number of hydrogen-bond acceptors (Lipinski definition) is 1. The second-order valence-electron chi connectivity index (χ2n) is 7.58. The molecule has 20 heavy (non-hydrogen) atoms. The minimum atomic E-state index is 0.547. The topological polar surface area (TPSA) is 12.0 Å². The molecule has 0 aromatic heterocycles. The molecule has 1 fully saturated rings. The standard InChI is InChI=1S/C19H31N/c1-15-14-19(3,4)13-12-18(15)20-16(2)10-11-17-8-6-5-7-9-17/h5-9,15-16,18,20H,10-14H2,1-4H3. The van der Waals surface area contributed by atoms with Gasteiger partial charge in [0.05, 0.1) is 0 Å². The Kier molecular flexibility index (Phi) is 5.26. The monoisotopic (exact) mass is 273 g/mol. The van der Waals surface area contributed by atoms with Gasteiger partial charge in [-0.05, 0) is 55.9 Å². The average Bonchev–Trinajstić information content (AvgIpc) is 2.40. The van der Waals surface area contributed by atoms with E-state index in [0.29, 0.717) is 17.5 Å². The zero-order valence-electron chi connectivity index (χ0n) is 13.7. The van der Waals surface area contributed by atoms with E-state index in [1.54, 1.807) is 0 Å². The summed E-state index contributed by atoms with van der Waals surface area (Å²) < 4.78 is 0. The zero-order valence-corrected chi connectivity index (χ0v) is 13.7. The summed E-state index contributed by atoms with van der Waals surface area (Å²) in [6.07, 6.45) is 6.47. The van der Waals surface area contributed by atoms with Crippen LogP contribution in [0.3, 0.4) is 0 Å². The van der Waals surface area contributed by atoms with Crippen molar-refractivity contribution in [3.8, 4) is 0 Å². The Hall–Kier alpha value is -0.820. The normalized spacial score (nSPS) is 27.2. The van der Waals surface area contributed by atoms with Crippen LogP contribution in [0.1, 0.15) is 58.9 Å². The first-order valence-corrected chi connectivity index (χ1v) is 8.26. The highest BCUT2D eigenvalue weighted by Crippen LogP contribution is 2.38. The Morgan fingerprint density at radius 2 is 1.95 bits per heavy atom. The van der Waals surface area contributed by atoms with Crippen molar-refractivity contribution in [1.82, 2.24) is 5.32 Å². The number of aryl methyl sites for hydroxylation is 1. The number of benzene rings is 1. The second-order valence-corrected chi connectivity index (χ2v) is 7.58. The third-order valence-electron chi connectivity index (χ3n) is 4.90. The molecule has 1 aliphatic carbocycles. The van der Waals surface area contributed by atoms with Crippen molar-refractivity contribution in [2.45, 2.75) is 71.9 Å². The minimum absolute atomic E-state index is 0.547. The molecule has 0 spiro atoms. The molecule has 3 atom stereocenters. The van der Waals surface area contributed by atoms with E-state index in [0.717, 1.165) is 5.92 Å². The second kappa shape index (κ2) is 6.76. The Morgan fingerprint density at radius 3 is 2.60 bits per heavy atom. The van der Waals surface area contributed by atoms with Crippen molar-refractivity contribution in [3.05, 3.63) is 35.9 Å². The molecule has 1 heteroatoms. The van der Waals surface area contributed by atoms with Gasteiger partial charge in [0.25, 0.3) is 0 Å². The van der Waals surface area contributed by atoms with Gasteiger partial charge in [-0.2, -0.15) is 0 Å². The summed E-state index contributed by atoms with van der Waals surface area (Å²) in [6.45, 7) is 9.59. The van der Waals surface area contributed by atoms with Crippen LogP contribution in [0, 0.1) is 11.3 Å². The van der Waals surface area contributed by atoms with Gasteiger partial charge in [-0.15, -0.1) is 0 Å². The highest BCUT2D eigenvalue weighted by atomic mass is 15.0. The smallest absolute Gasteiger partial charge is 0.00955 e. The lowest BCUT2D eigenvalue weighted by Gasteiger charge is -2.40. The van der Waals surface area contributed by atoms with Crippen molar-refractivity contribution >= 4 is 0 Å². The van der Waals surface area contributed by atoms with Crippen LogP contribution in [0.2, 0.25) is 0 Å². The Morgan fingerprint density at radius 1 is 1.25 bits per heavy atom. The Balaban J connectivity index is 1.76. The fraction of sp³-hybridized carbons (Fsp3) is 0.684. The summed E-state index contributed by atoms with van der Waals surface area (Å²) in [5.74, 6) is 0.804. The summed E-state index contributed by atoms with van der Waals surface area (Å²) in [4.78, 5) is 0. The third kappa shape index (κ3) is 4.63. The molecule has 0 amide bonds. The summed E-state index contributed by atoms with van der Waals surface area (Å²) in [5.41, 5.74) is 2.00. The van der Waals surface area contributed by atoms with Gasteiger partial charge in [0.1, 0.15) is 0 Å². The fourth-order valence-electron chi connectivity index (χ4n) is 3.67. The molecule has 2 rings (SSSR count). The quantitative estimate of drug-likeness (QED) is 0.811. The van der Waals surface area contributed by atoms with Crippen LogP contribution in [0.25, 0.3) is 0 Å². The Bertz CT molecular complexity index is 395. The van der Waals surface area contributed by atoms with Crippen molar-refractivity contribution < 1.29 is 0 Å². The molecule has 0 saturated heterocycles. The maximum Gasteiger partial charge on any atom is 0.00955 e. The van der Waals surface area contributed by atoms with E-state index >= 15 is 0 Å². The molecule has 1 saturated carbocycles. The van der Waals surface area contributed by atoms with Crippen molar-refractivity contribution in [2.24, 2.45) is 11.3 Å². The molecule has 0 radical (unpaired) electrons. The molecule has 1 aliphatic rings. The van der Waals surface area contributed by atoms with Gasteiger partial charge in [-0.25, -0.2) is 0 Å². The first-order chi connectivity index (χ1) is 9.46. The summed E-state index contributed by atoms with van der Waals surface area (Å²) >= 11 is 0. The zero-order chi connectivity index (χ0) is 14.6. The van der Waals surface area contributed by atoms with Crippen LogP contribution in [0.5, 0.6) is 0 Å². The largest absolute Gasteiger partial charge is 0.311 e. The predicted octanol–water partition coefficient (Wildman–Crippen LogP) is 4.81. The molecular formula is C19H31N. The number of hydrogen-bond donors (Lipinski definition) is 1. The van der Waals surface area contributed by atoms with Crippen molar-refractivity contribution in [2.75, 3.05) is 0 Å². The lowest BCUT2D eigenvalue weighted by molar-refractivity contribution is 0.142. The maximum absolute atomic E-state index is 3.88. The van der Waals surface area contributed by atoms with Gasteiger partial charge in [-0.1, -0.05) is 51.1 Å². The van der Waals surface area contributed by atoms with Crippen LogP contribution < -0.4 is 5.32 Å². The van der Waals surface area contributed by atoms with Crippen LogP contribution in [0.4, 0.5) is 0 Å². The van der Waals surface area contributed by atoms with E-state index in [-0.39, 0.29) is 0 Å². The van der Waals surface area contributed by atoms with Crippen LogP contribution >= 0.6 is 0 Å². The SMILES string of the molecule is CC(CCc1ccccc1)NC1CCC(C)(C)CC1C. The molecule has 0 aliphatic heterocycles. The molecule has 0 heterocycles. The van der Waals surface area contributed by atoms with Crippen LogP contribution in [-0.4, -0.2) is 12.1 Å². The van der Waals surface area contributed by atoms with Crippen molar-refractivity contribution in [3.63, 3.8) is 0 Å². The molecule has 3 unspecified atom stereocenters. The maximum atomic E-state index is 3.88. The molecule has 1 nitrogen and oxygen atoms in total. The molecule has 0 bridgehead atoms. The number of nitrogens with one attached hydrogen (secondary N) is 1. The fourth-order valence-corrected chi connectivity index (χ4v) is 3.67. The van der Waals surface area contributed by atoms with Gasteiger partial charge in [0.2, 0.25) is 0 Å². The average molecular weight is 273 g/mol. The van der Waals surface area contributed by atoms with E-state index in [4.69, 9.17) is 0 Å². The van der Waals surface area contributed by atoms with E-state index < -0.39 is 0 Å². The van der Waals surface area contributed by atoms with Gasteiger partial charge >= 0.3 is 0 Å². The molecular weight excluding hydrogens is 242 g/mol. The summed E-state index contributed by atoms with van der Waals surface area (Å²) in [7, 11) is 0. The van der Waals surface area contributed by atoms with E-state index in [2.05, 4.69) is 63.3 Å².